The van der Waals surface area contributed by atoms with E-state index < -0.39 is 0 Å². The Balaban J connectivity index is 1.90. The van der Waals surface area contributed by atoms with Gasteiger partial charge in [0.1, 0.15) is 0 Å². The Morgan fingerprint density at radius 1 is 1.33 bits per heavy atom. The molecule has 0 saturated heterocycles. The average molecular weight is 284 g/mol. The van der Waals surface area contributed by atoms with E-state index in [4.69, 9.17) is 4.42 Å². The number of hydrogen-bond donors (Lipinski definition) is 1. The van der Waals surface area contributed by atoms with Crippen LogP contribution in [-0.4, -0.2) is 19.0 Å². The Kier molecular flexibility index (Phi) is 3.04. The maximum absolute atomic E-state index is 12.0. The number of benzene rings is 1. The minimum Gasteiger partial charge on any atom is -0.459 e. The lowest BCUT2D eigenvalue weighted by atomic mass is 9.81. The molecule has 0 aliphatic carbocycles. The zero-order valence-electron chi connectivity index (χ0n) is 12.8. The van der Waals surface area contributed by atoms with E-state index in [1.807, 2.05) is 12.1 Å². The fourth-order valence-corrected chi connectivity index (χ4v) is 2.96. The van der Waals surface area contributed by atoms with E-state index in [9.17, 15) is 4.79 Å². The second-order valence-electron chi connectivity index (χ2n) is 6.17. The van der Waals surface area contributed by atoms with Crippen molar-refractivity contribution in [1.82, 2.24) is 0 Å². The minimum absolute atomic E-state index is 0.105. The van der Waals surface area contributed by atoms with E-state index in [2.05, 4.69) is 44.1 Å². The van der Waals surface area contributed by atoms with Crippen LogP contribution in [0.25, 0.3) is 0 Å². The molecule has 1 aliphatic heterocycles. The van der Waals surface area contributed by atoms with Crippen molar-refractivity contribution in [1.29, 1.82) is 0 Å². The summed E-state index contributed by atoms with van der Waals surface area (Å²) in [4.78, 5) is 14.3. The molecule has 4 nitrogen and oxygen atoms in total. The van der Waals surface area contributed by atoms with Crippen molar-refractivity contribution in [2.24, 2.45) is 0 Å². The summed E-state index contributed by atoms with van der Waals surface area (Å²) in [6.07, 6.45) is 1.50. The first-order valence-corrected chi connectivity index (χ1v) is 7.13. The van der Waals surface area contributed by atoms with E-state index in [1.165, 1.54) is 17.5 Å². The molecule has 1 aromatic carbocycles. The zero-order chi connectivity index (χ0) is 15.2. The summed E-state index contributed by atoms with van der Waals surface area (Å²) < 4.78 is 5.11. The van der Waals surface area contributed by atoms with Crippen LogP contribution in [0.1, 0.15) is 36.9 Å². The van der Waals surface area contributed by atoms with Crippen molar-refractivity contribution < 1.29 is 9.21 Å². The summed E-state index contributed by atoms with van der Waals surface area (Å²) in [6.45, 7) is 6.73. The van der Waals surface area contributed by atoms with Crippen LogP contribution in [0.3, 0.4) is 0 Å². The molecule has 0 radical (unpaired) electrons. The van der Waals surface area contributed by atoms with Crippen LogP contribution < -0.4 is 10.2 Å². The number of hydrogen-bond acceptors (Lipinski definition) is 3. The van der Waals surface area contributed by atoms with Crippen molar-refractivity contribution >= 4 is 17.3 Å². The molecule has 1 N–H and O–H groups in total. The highest BCUT2D eigenvalue weighted by atomic mass is 16.3. The zero-order valence-corrected chi connectivity index (χ0v) is 12.8. The number of carbonyl (C=O) groups excluding carboxylic acids is 1. The monoisotopic (exact) mass is 284 g/mol. The van der Waals surface area contributed by atoms with Gasteiger partial charge in [0, 0.05) is 29.9 Å². The maximum atomic E-state index is 12.0. The summed E-state index contributed by atoms with van der Waals surface area (Å²) in [5.74, 6) is 0.0884. The van der Waals surface area contributed by atoms with Crippen molar-refractivity contribution in [3.63, 3.8) is 0 Å². The van der Waals surface area contributed by atoms with Crippen molar-refractivity contribution in [3.8, 4) is 0 Å². The number of likely N-dealkylation sites (N-methyl/N-ethyl adjacent to an activating group) is 1. The predicted molar refractivity (Wildman–Crippen MR) is 84.0 cm³/mol. The lowest BCUT2D eigenvalue weighted by molar-refractivity contribution is 0.0996. The highest BCUT2D eigenvalue weighted by Gasteiger charge is 2.40. The molecule has 0 bridgehead atoms. The van der Waals surface area contributed by atoms with Crippen LogP contribution in [0.4, 0.5) is 11.4 Å². The van der Waals surface area contributed by atoms with Crippen molar-refractivity contribution in [2.45, 2.75) is 32.2 Å². The summed E-state index contributed by atoms with van der Waals surface area (Å²) in [7, 11) is 2.09. The Labute approximate surface area is 124 Å². The fraction of sp³-hybridized carbons (Fsp3) is 0.353. The molecule has 0 unspecified atom stereocenters. The highest BCUT2D eigenvalue weighted by Crippen LogP contribution is 2.45. The summed E-state index contributed by atoms with van der Waals surface area (Å²) in [6, 6.07) is 9.86. The van der Waals surface area contributed by atoms with Crippen LogP contribution in [0, 0.1) is 0 Å². The molecular formula is C17H20N2O2. The van der Waals surface area contributed by atoms with Gasteiger partial charge in [-0.05, 0) is 36.8 Å². The summed E-state index contributed by atoms with van der Waals surface area (Å²) in [5, 5.41) is 2.88. The Hall–Kier alpha value is -2.23. The van der Waals surface area contributed by atoms with Gasteiger partial charge in [-0.2, -0.15) is 0 Å². The molecule has 1 atom stereocenters. The Morgan fingerprint density at radius 3 is 2.76 bits per heavy atom. The van der Waals surface area contributed by atoms with Crippen LogP contribution in [0.5, 0.6) is 0 Å². The number of rotatable bonds is 2. The van der Waals surface area contributed by atoms with E-state index in [0.717, 1.165) is 5.69 Å². The predicted octanol–water partition coefficient (Wildman–Crippen LogP) is 3.65. The number of amides is 1. The number of anilines is 2. The largest absolute Gasteiger partial charge is 0.459 e. The fourth-order valence-electron chi connectivity index (χ4n) is 2.96. The second kappa shape index (κ2) is 4.65. The first kappa shape index (κ1) is 13.7. The number of nitrogens with zero attached hydrogens (tertiary/aromatic N) is 1. The quantitative estimate of drug-likeness (QED) is 0.915. The number of nitrogens with one attached hydrogen (secondary N) is 1. The lowest BCUT2D eigenvalue weighted by Crippen LogP contribution is -2.36. The van der Waals surface area contributed by atoms with E-state index in [-0.39, 0.29) is 11.3 Å². The average Bonchev–Trinajstić information content (AvgIpc) is 3.04. The van der Waals surface area contributed by atoms with Crippen LogP contribution >= 0.6 is 0 Å². The molecule has 4 heteroatoms. The topological polar surface area (TPSA) is 45.5 Å². The Morgan fingerprint density at radius 2 is 2.10 bits per heavy atom. The third-order valence-corrected chi connectivity index (χ3v) is 4.70. The van der Waals surface area contributed by atoms with Gasteiger partial charge in [-0.25, -0.2) is 0 Å². The second-order valence-corrected chi connectivity index (χ2v) is 6.17. The molecule has 0 fully saturated rings. The van der Waals surface area contributed by atoms with Gasteiger partial charge in [-0.1, -0.05) is 19.9 Å². The van der Waals surface area contributed by atoms with Gasteiger partial charge in [-0.15, -0.1) is 0 Å². The smallest absolute Gasteiger partial charge is 0.291 e. The highest BCUT2D eigenvalue weighted by molar-refractivity contribution is 6.02. The molecule has 1 aliphatic rings. The lowest BCUT2D eigenvalue weighted by Gasteiger charge is -2.28. The van der Waals surface area contributed by atoms with Gasteiger partial charge in [0.2, 0.25) is 0 Å². The molecule has 1 amide bonds. The van der Waals surface area contributed by atoms with Crippen molar-refractivity contribution in [2.75, 3.05) is 17.3 Å². The molecule has 0 saturated carbocycles. The SMILES string of the molecule is C[C@H]1N(C)c2cc(NC(=O)c3ccco3)ccc2C1(C)C. The molecule has 1 aromatic heterocycles. The van der Waals surface area contributed by atoms with Gasteiger partial charge >= 0.3 is 0 Å². The molecule has 21 heavy (non-hydrogen) atoms. The van der Waals surface area contributed by atoms with Crippen LogP contribution in [0.2, 0.25) is 0 Å². The van der Waals surface area contributed by atoms with E-state index >= 15 is 0 Å². The number of fused-ring (bicyclic) bond motifs is 1. The molecule has 3 rings (SSSR count). The summed E-state index contributed by atoms with van der Waals surface area (Å²) >= 11 is 0. The van der Waals surface area contributed by atoms with Crippen molar-refractivity contribution in [3.05, 3.63) is 47.9 Å². The first-order valence-electron chi connectivity index (χ1n) is 7.13. The van der Waals surface area contributed by atoms with Gasteiger partial charge in [-0.3, -0.25) is 4.79 Å². The van der Waals surface area contributed by atoms with Gasteiger partial charge in [0.05, 0.1) is 6.26 Å². The molecule has 2 aromatic rings. The van der Waals surface area contributed by atoms with E-state index in [1.54, 1.807) is 12.1 Å². The minimum atomic E-state index is -0.229. The normalized spacial score (nSPS) is 19.4. The summed E-state index contributed by atoms with van der Waals surface area (Å²) in [5.41, 5.74) is 3.37. The van der Waals surface area contributed by atoms with E-state index in [0.29, 0.717) is 11.8 Å². The van der Waals surface area contributed by atoms with Crippen LogP contribution in [0.15, 0.2) is 41.0 Å². The number of carbonyl (C=O) groups is 1. The van der Waals surface area contributed by atoms with Crippen LogP contribution in [-0.2, 0) is 5.41 Å². The maximum Gasteiger partial charge on any atom is 0.291 e. The molecule has 110 valence electrons. The molecular weight excluding hydrogens is 264 g/mol. The Bertz CT molecular complexity index is 674. The standard InChI is InChI=1S/C17H20N2O2/c1-11-17(2,3)13-8-7-12(10-14(13)19(11)4)18-16(20)15-6-5-9-21-15/h5-11H,1-4H3,(H,18,20)/t11-/m1/s1. The molecule has 0 spiro atoms. The van der Waals surface area contributed by atoms with Gasteiger partial charge in [0.15, 0.2) is 5.76 Å². The third-order valence-electron chi connectivity index (χ3n) is 4.70. The van der Waals surface area contributed by atoms with Gasteiger partial charge in [0.25, 0.3) is 5.91 Å². The molecule has 2 heterocycles. The number of furan rings is 1. The third kappa shape index (κ3) is 2.11. The van der Waals surface area contributed by atoms with Gasteiger partial charge < -0.3 is 14.6 Å². The first-order chi connectivity index (χ1) is 9.91.